The second-order valence-electron chi connectivity index (χ2n) is 6.60. The summed E-state index contributed by atoms with van der Waals surface area (Å²) in [6, 6.07) is 19.1. The molecule has 7 nitrogen and oxygen atoms in total. The number of rotatable bonds is 4. The average Bonchev–Trinajstić information content (AvgIpc) is 2.99. The normalized spacial score (nSPS) is 14.0. The van der Waals surface area contributed by atoms with Gasteiger partial charge in [-0.1, -0.05) is 18.2 Å². The highest BCUT2D eigenvalue weighted by atomic mass is 32.2. The summed E-state index contributed by atoms with van der Waals surface area (Å²) in [6.07, 6.45) is 1.69. The van der Waals surface area contributed by atoms with E-state index in [-0.39, 0.29) is 16.6 Å². The highest BCUT2D eigenvalue weighted by molar-refractivity contribution is 7.90. The van der Waals surface area contributed by atoms with Crippen LogP contribution in [0.3, 0.4) is 0 Å². The van der Waals surface area contributed by atoms with Gasteiger partial charge in [0.2, 0.25) is 0 Å². The van der Waals surface area contributed by atoms with Crippen LogP contribution in [0.4, 0.5) is 5.69 Å². The molecule has 0 atom stereocenters. The van der Waals surface area contributed by atoms with Crippen LogP contribution >= 0.6 is 0 Å². The molecular formula is C21H18N4O3S. The molecule has 0 aliphatic carbocycles. The number of fused-ring (bicyclic) bond motifs is 1. The van der Waals surface area contributed by atoms with E-state index in [1.807, 2.05) is 18.2 Å². The topological polar surface area (TPSA) is 91.7 Å². The molecule has 1 aliphatic heterocycles. The number of anilines is 1. The molecule has 4 rings (SSSR count). The number of carbonyl (C=O) groups is 1. The third-order valence-corrected chi connectivity index (χ3v) is 5.83. The molecule has 2 aromatic carbocycles. The number of sulfonamides is 1. The Balaban J connectivity index is 1.48. The molecular weight excluding hydrogens is 388 g/mol. The largest absolute Gasteiger partial charge is 0.339 e. The van der Waals surface area contributed by atoms with E-state index in [1.165, 1.54) is 6.07 Å². The number of hydrogen-bond acceptors (Lipinski definition) is 5. The Hall–Kier alpha value is -3.52. The maximum atomic E-state index is 12.6. The number of pyridine rings is 1. The molecule has 29 heavy (non-hydrogen) atoms. The summed E-state index contributed by atoms with van der Waals surface area (Å²) in [4.78, 5) is 18.6. The van der Waals surface area contributed by atoms with Crippen LogP contribution in [0.5, 0.6) is 0 Å². The summed E-state index contributed by atoms with van der Waals surface area (Å²) in [5, 5.41) is 3.02. The second-order valence-corrected chi connectivity index (χ2v) is 8.17. The number of nitrogens with zero attached hydrogens (tertiary/aromatic N) is 3. The average molecular weight is 406 g/mol. The third-order valence-electron chi connectivity index (χ3n) is 4.50. The van der Waals surface area contributed by atoms with Gasteiger partial charge >= 0.3 is 0 Å². The molecule has 0 saturated carbocycles. The molecule has 0 saturated heterocycles. The van der Waals surface area contributed by atoms with E-state index in [1.54, 1.807) is 60.6 Å². The van der Waals surface area contributed by atoms with Crippen molar-refractivity contribution in [1.82, 2.24) is 9.88 Å². The van der Waals surface area contributed by atoms with Crippen molar-refractivity contribution in [2.24, 2.45) is 4.40 Å². The van der Waals surface area contributed by atoms with Crippen molar-refractivity contribution in [2.75, 3.05) is 12.4 Å². The maximum Gasteiger partial charge on any atom is 0.285 e. The van der Waals surface area contributed by atoms with E-state index in [2.05, 4.69) is 14.7 Å². The maximum absolute atomic E-state index is 12.6. The number of carbonyl (C=O) groups excluding carboxylic acids is 1. The molecule has 1 aliphatic rings. The fourth-order valence-electron chi connectivity index (χ4n) is 3.06. The minimum absolute atomic E-state index is 0.131. The quantitative estimate of drug-likeness (QED) is 0.719. The zero-order valence-corrected chi connectivity index (χ0v) is 16.4. The smallest absolute Gasteiger partial charge is 0.285 e. The minimum atomic E-state index is -3.68. The van der Waals surface area contributed by atoms with Gasteiger partial charge in [0.05, 0.1) is 12.2 Å². The molecule has 1 amide bonds. The predicted molar refractivity (Wildman–Crippen MR) is 110 cm³/mol. The van der Waals surface area contributed by atoms with Gasteiger partial charge in [-0.2, -0.15) is 8.42 Å². The standard InChI is InChI=1S/C21H18N4O3S/c1-25(14-17-6-4-5-13-22-17)21(26)15-9-11-16(12-10-15)23-20-18-7-2-3-8-19(18)29(27,28)24-20/h2-13H,14H2,1H3,(H,23,24). The summed E-state index contributed by atoms with van der Waals surface area (Å²) in [5.41, 5.74) is 2.50. The van der Waals surface area contributed by atoms with Crippen LogP contribution in [0.2, 0.25) is 0 Å². The Morgan fingerprint density at radius 3 is 2.45 bits per heavy atom. The molecule has 146 valence electrons. The lowest BCUT2D eigenvalue weighted by Gasteiger charge is -2.17. The van der Waals surface area contributed by atoms with E-state index in [4.69, 9.17) is 0 Å². The second kappa shape index (κ2) is 7.48. The monoisotopic (exact) mass is 406 g/mol. The van der Waals surface area contributed by atoms with E-state index in [9.17, 15) is 13.2 Å². The van der Waals surface area contributed by atoms with Gasteiger partial charge in [0.1, 0.15) is 4.90 Å². The van der Waals surface area contributed by atoms with E-state index < -0.39 is 10.0 Å². The van der Waals surface area contributed by atoms with Crippen LogP contribution in [0.1, 0.15) is 21.6 Å². The summed E-state index contributed by atoms with van der Waals surface area (Å²) in [7, 11) is -1.96. The number of aromatic nitrogens is 1. The Morgan fingerprint density at radius 1 is 1.00 bits per heavy atom. The molecule has 3 aromatic rings. The molecule has 0 bridgehead atoms. The molecule has 0 fully saturated rings. The Bertz CT molecular complexity index is 1190. The fraction of sp³-hybridized carbons (Fsp3) is 0.0952. The Morgan fingerprint density at radius 2 is 1.72 bits per heavy atom. The molecule has 0 spiro atoms. The van der Waals surface area contributed by atoms with Gasteiger partial charge in [-0.15, -0.1) is 4.40 Å². The van der Waals surface area contributed by atoms with Crippen molar-refractivity contribution >= 4 is 27.5 Å². The van der Waals surface area contributed by atoms with Gasteiger partial charge in [-0.25, -0.2) is 0 Å². The van der Waals surface area contributed by atoms with Gasteiger partial charge < -0.3 is 10.2 Å². The number of hydrogen-bond donors (Lipinski definition) is 1. The van der Waals surface area contributed by atoms with Gasteiger partial charge in [0.15, 0.2) is 5.84 Å². The van der Waals surface area contributed by atoms with Crippen LogP contribution in [0, 0.1) is 0 Å². The molecule has 1 N–H and O–H groups in total. The minimum Gasteiger partial charge on any atom is -0.339 e. The first kappa shape index (κ1) is 18.8. The SMILES string of the molecule is CN(Cc1ccccn1)C(=O)c1ccc(NC2=NS(=O)(=O)c3ccccc32)cc1. The lowest BCUT2D eigenvalue weighted by molar-refractivity contribution is 0.0783. The first-order valence-corrected chi connectivity index (χ1v) is 10.3. The van der Waals surface area contributed by atoms with E-state index in [0.29, 0.717) is 23.4 Å². The first-order chi connectivity index (χ1) is 13.9. The van der Waals surface area contributed by atoms with Crippen molar-refractivity contribution in [3.05, 3.63) is 89.7 Å². The zero-order chi connectivity index (χ0) is 20.4. The summed E-state index contributed by atoms with van der Waals surface area (Å²) in [6.45, 7) is 0.408. The van der Waals surface area contributed by atoms with Crippen molar-refractivity contribution in [3.8, 4) is 0 Å². The highest BCUT2D eigenvalue weighted by Gasteiger charge is 2.28. The van der Waals surface area contributed by atoms with Crippen LogP contribution in [0.25, 0.3) is 0 Å². The number of amidine groups is 1. The number of nitrogens with one attached hydrogen (secondary N) is 1. The first-order valence-electron chi connectivity index (χ1n) is 8.91. The molecule has 0 unspecified atom stereocenters. The van der Waals surface area contributed by atoms with Gasteiger partial charge in [0, 0.05) is 30.1 Å². The molecule has 1 aromatic heterocycles. The number of amides is 1. The Labute approximate surface area is 168 Å². The number of benzene rings is 2. The molecule has 8 heteroatoms. The lowest BCUT2D eigenvalue weighted by Crippen LogP contribution is -2.26. The summed E-state index contributed by atoms with van der Waals surface area (Å²) < 4.78 is 28.1. The summed E-state index contributed by atoms with van der Waals surface area (Å²) in [5.74, 6) is 0.139. The van der Waals surface area contributed by atoms with E-state index >= 15 is 0 Å². The van der Waals surface area contributed by atoms with Crippen molar-refractivity contribution in [2.45, 2.75) is 11.4 Å². The predicted octanol–water partition coefficient (Wildman–Crippen LogP) is 2.91. The van der Waals surface area contributed by atoms with Crippen molar-refractivity contribution in [3.63, 3.8) is 0 Å². The van der Waals surface area contributed by atoms with Gasteiger partial charge in [-0.05, 0) is 48.5 Å². The third kappa shape index (κ3) is 3.88. The van der Waals surface area contributed by atoms with Gasteiger partial charge in [-0.3, -0.25) is 9.78 Å². The zero-order valence-electron chi connectivity index (χ0n) is 15.6. The van der Waals surface area contributed by atoms with E-state index in [0.717, 1.165) is 5.69 Å². The van der Waals surface area contributed by atoms with Crippen LogP contribution in [-0.2, 0) is 16.6 Å². The molecule has 2 heterocycles. The van der Waals surface area contributed by atoms with Gasteiger partial charge in [0.25, 0.3) is 15.9 Å². The van der Waals surface area contributed by atoms with Crippen LogP contribution < -0.4 is 5.32 Å². The van der Waals surface area contributed by atoms with Crippen molar-refractivity contribution in [1.29, 1.82) is 0 Å². The van der Waals surface area contributed by atoms with Crippen LogP contribution in [0.15, 0.2) is 82.2 Å². The highest BCUT2D eigenvalue weighted by Crippen LogP contribution is 2.26. The lowest BCUT2D eigenvalue weighted by atomic mass is 10.1. The van der Waals surface area contributed by atoms with Crippen LogP contribution in [-0.4, -0.2) is 37.1 Å². The molecule has 0 radical (unpaired) electrons. The van der Waals surface area contributed by atoms with Crippen molar-refractivity contribution < 1.29 is 13.2 Å². The Kier molecular flexibility index (Phi) is 4.85. The summed E-state index contributed by atoms with van der Waals surface area (Å²) >= 11 is 0. The fourth-order valence-corrected chi connectivity index (χ4v) is 4.23.